The molecule has 1 aromatic carbocycles. The van der Waals surface area contributed by atoms with Gasteiger partial charge in [0.2, 0.25) is 9.84 Å². The molecule has 2 rings (SSSR count). The third-order valence-electron chi connectivity index (χ3n) is 4.34. The second kappa shape index (κ2) is 8.09. The topological polar surface area (TPSA) is 98.8 Å². The fourth-order valence-corrected chi connectivity index (χ4v) is 4.11. The molecule has 0 atom stereocenters. The predicted octanol–water partition coefficient (Wildman–Crippen LogP) is 2.26. The first-order chi connectivity index (χ1) is 13.1. The third kappa shape index (κ3) is 3.64. The van der Waals surface area contributed by atoms with Crippen molar-refractivity contribution in [2.45, 2.75) is 30.4 Å². The van der Waals surface area contributed by atoms with Crippen molar-refractivity contribution in [1.82, 2.24) is 5.32 Å². The number of benzene rings is 1. The quantitative estimate of drug-likeness (QED) is 0.737. The molecule has 1 aliphatic rings. The van der Waals surface area contributed by atoms with Crippen LogP contribution in [0.2, 0.25) is 0 Å². The summed E-state index contributed by atoms with van der Waals surface area (Å²) >= 11 is 0. The van der Waals surface area contributed by atoms with E-state index in [1.54, 1.807) is 0 Å². The lowest BCUT2D eigenvalue weighted by atomic mass is 9.80. The minimum Gasteiger partial charge on any atom is -0.466 e. The summed E-state index contributed by atoms with van der Waals surface area (Å²) in [5.74, 6) is -6.62. The highest BCUT2D eigenvalue weighted by molar-refractivity contribution is 7.91. The van der Waals surface area contributed by atoms with Gasteiger partial charge in [0, 0.05) is 11.4 Å². The summed E-state index contributed by atoms with van der Waals surface area (Å²) in [5.41, 5.74) is 0.289. The van der Waals surface area contributed by atoms with Crippen molar-refractivity contribution in [3.05, 3.63) is 52.4 Å². The minimum absolute atomic E-state index is 0.0783. The van der Waals surface area contributed by atoms with Crippen molar-refractivity contribution in [2.24, 2.45) is 0 Å². The van der Waals surface area contributed by atoms with Gasteiger partial charge in [-0.15, -0.1) is 0 Å². The molecule has 1 N–H and O–H groups in total. The Labute approximate surface area is 160 Å². The average Bonchev–Trinajstić information content (AvgIpc) is 2.66. The molecule has 1 aliphatic heterocycles. The molecule has 0 aliphatic carbocycles. The monoisotopic (exact) mass is 415 g/mol. The number of rotatable bonds is 5. The van der Waals surface area contributed by atoms with Crippen molar-refractivity contribution >= 4 is 21.8 Å². The number of methoxy groups -OCH3 is 2. The van der Waals surface area contributed by atoms with Gasteiger partial charge in [0.25, 0.3) is 0 Å². The number of alkyl halides is 2. The summed E-state index contributed by atoms with van der Waals surface area (Å²) in [4.78, 5) is 24.2. The summed E-state index contributed by atoms with van der Waals surface area (Å²) in [5, 5.41) is 2.85. The predicted molar refractivity (Wildman–Crippen MR) is 94.9 cm³/mol. The zero-order chi connectivity index (χ0) is 21.2. The normalized spacial score (nSPS) is 15.5. The number of dihydropyridines is 1. The van der Waals surface area contributed by atoms with Gasteiger partial charge in [0.15, 0.2) is 0 Å². The molecule has 28 heavy (non-hydrogen) atoms. The van der Waals surface area contributed by atoms with E-state index in [9.17, 15) is 26.8 Å². The number of esters is 2. The van der Waals surface area contributed by atoms with Crippen LogP contribution in [-0.4, -0.2) is 40.3 Å². The van der Waals surface area contributed by atoms with E-state index in [0.717, 1.165) is 20.3 Å². The second-order valence-electron chi connectivity index (χ2n) is 5.96. The van der Waals surface area contributed by atoms with E-state index < -0.39 is 38.3 Å². The molecule has 152 valence electrons. The summed E-state index contributed by atoms with van der Waals surface area (Å²) in [7, 11) is -2.78. The first kappa shape index (κ1) is 21.5. The first-order valence-electron chi connectivity index (χ1n) is 8.04. The van der Waals surface area contributed by atoms with Crippen LogP contribution in [0.25, 0.3) is 0 Å². The van der Waals surface area contributed by atoms with Crippen molar-refractivity contribution in [2.75, 3.05) is 14.2 Å². The van der Waals surface area contributed by atoms with Crippen LogP contribution < -0.4 is 5.32 Å². The molecule has 0 radical (unpaired) electrons. The number of allylic oxidation sites excluding steroid dienone is 2. The minimum atomic E-state index is -5.01. The van der Waals surface area contributed by atoms with E-state index in [2.05, 4.69) is 5.32 Å². The van der Waals surface area contributed by atoms with E-state index in [4.69, 9.17) is 9.47 Å². The number of hydrogen-bond acceptors (Lipinski definition) is 7. The fourth-order valence-electron chi connectivity index (χ4n) is 3.14. The van der Waals surface area contributed by atoms with Gasteiger partial charge in [0.1, 0.15) is 0 Å². The van der Waals surface area contributed by atoms with E-state index >= 15 is 0 Å². The molecule has 0 aromatic heterocycles. The maximum atomic E-state index is 13.2. The van der Waals surface area contributed by atoms with Crippen LogP contribution in [0.15, 0.2) is 51.7 Å². The highest BCUT2D eigenvalue weighted by atomic mass is 32.2. The smallest absolute Gasteiger partial charge is 0.341 e. The number of hydrogen-bond donors (Lipinski definition) is 1. The van der Waals surface area contributed by atoms with Crippen LogP contribution in [-0.2, 0) is 28.9 Å². The van der Waals surface area contributed by atoms with E-state index in [0.29, 0.717) is 11.4 Å². The highest BCUT2D eigenvalue weighted by Crippen LogP contribution is 2.42. The van der Waals surface area contributed by atoms with Crippen LogP contribution in [0.1, 0.15) is 25.3 Å². The molecule has 0 spiro atoms. The molecule has 0 unspecified atom stereocenters. The van der Waals surface area contributed by atoms with E-state index in [1.807, 2.05) is 0 Å². The highest BCUT2D eigenvalue weighted by Gasteiger charge is 2.41. The third-order valence-corrected chi connectivity index (χ3v) is 5.80. The molecule has 1 aromatic rings. The zero-order valence-corrected chi connectivity index (χ0v) is 16.4. The van der Waals surface area contributed by atoms with Crippen LogP contribution >= 0.6 is 0 Å². The Morgan fingerprint density at radius 1 is 1.00 bits per heavy atom. The summed E-state index contributed by atoms with van der Waals surface area (Å²) in [6.07, 6.45) is 0. The molecule has 10 heteroatoms. The molecule has 0 saturated carbocycles. The summed E-state index contributed by atoms with van der Waals surface area (Å²) < 4.78 is 60.5. The molecule has 7 nitrogen and oxygen atoms in total. The lowest BCUT2D eigenvalue weighted by molar-refractivity contribution is -0.137. The van der Waals surface area contributed by atoms with Gasteiger partial charge in [-0.3, -0.25) is 0 Å². The van der Waals surface area contributed by atoms with Gasteiger partial charge in [-0.1, -0.05) is 18.2 Å². The molecule has 0 bridgehead atoms. The zero-order valence-electron chi connectivity index (χ0n) is 15.6. The molecule has 1 heterocycles. The van der Waals surface area contributed by atoms with Crippen molar-refractivity contribution in [3.63, 3.8) is 0 Å². The number of halogens is 2. The number of carbonyl (C=O) groups is 2. The fraction of sp³-hybridized carbons (Fsp3) is 0.333. The number of sulfone groups is 1. The summed E-state index contributed by atoms with van der Waals surface area (Å²) in [6.45, 7) is 3.06. The average molecular weight is 415 g/mol. The van der Waals surface area contributed by atoms with Crippen LogP contribution in [0, 0.1) is 0 Å². The van der Waals surface area contributed by atoms with Crippen LogP contribution in [0.4, 0.5) is 8.78 Å². The Kier molecular flexibility index (Phi) is 6.23. The largest absolute Gasteiger partial charge is 0.466 e. The van der Waals surface area contributed by atoms with Crippen molar-refractivity contribution in [3.8, 4) is 0 Å². The Balaban J connectivity index is 2.89. The van der Waals surface area contributed by atoms with E-state index in [1.165, 1.54) is 32.0 Å². The number of ether oxygens (including phenoxy) is 2. The molecule has 0 amide bonds. The van der Waals surface area contributed by atoms with Crippen molar-refractivity contribution in [1.29, 1.82) is 0 Å². The Bertz CT molecular complexity index is 944. The maximum absolute atomic E-state index is 13.2. The van der Waals surface area contributed by atoms with Gasteiger partial charge in [-0.25, -0.2) is 18.0 Å². The van der Waals surface area contributed by atoms with E-state index in [-0.39, 0.29) is 16.7 Å². The number of carbonyl (C=O) groups excluding carboxylic acids is 2. The molecule has 0 saturated heterocycles. The lowest BCUT2D eigenvalue weighted by Gasteiger charge is -2.31. The van der Waals surface area contributed by atoms with Crippen molar-refractivity contribution < 1.29 is 36.3 Å². The molecular weight excluding hydrogens is 396 g/mol. The maximum Gasteiger partial charge on any atom is 0.341 e. The number of nitrogens with one attached hydrogen (secondary N) is 1. The van der Waals surface area contributed by atoms with Gasteiger partial charge >= 0.3 is 17.7 Å². The summed E-state index contributed by atoms with van der Waals surface area (Å²) in [6, 6.07) is 4.99. The van der Waals surface area contributed by atoms with Gasteiger partial charge < -0.3 is 14.8 Å². The Morgan fingerprint density at radius 3 is 1.89 bits per heavy atom. The van der Waals surface area contributed by atoms with Gasteiger partial charge in [0.05, 0.1) is 36.2 Å². The second-order valence-corrected chi connectivity index (χ2v) is 7.85. The SMILES string of the molecule is COC(=O)C1=C(C)NC(C)=C(C(=O)OC)C1c1ccccc1S(=O)(=O)C(F)F. The van der Waals surface area contributed by atoms with Crippen LogP contribution in [0.3, 0.4) is 0 Å². The lowest BCUT2D eigenvalue weighted by Crippen LogP contribution is -2.33. The van der Waals surface area contributed by atoms with Crippen LogP contribution in [0.5, 0.6) is 0 Å². The molecule has 0 fully saturated rings. The molecular formula is C18H19F2NO6S. The Morgan fingerprint density at radius 2 is 1.46 bits per heavy atom. The van der Waals surface area contributed by atoms with Gasteiger partial charge in [-0.2, -0.15) is 8.78 Å². The Hall–Kier alpha value is -2.75. The standard InChI is InChI=1S/C18H19F2NO6S/c1-9-13(16(22)26-3)15(14(10(2)21-9)17(23)27-4)11-7-5-6-8-12(11)28(24,25)18(19)20/h5-8,15,18,21H,1-4H3. The van der Waals surface area contributed by atoms with Gasteiger partial charge in [-0.05, 0) is 25.5 Å². The first-order valence-corrected chi connectivity index (χ1v) is 9.58.